The maximum atomic E-state index is 11.5. The quantitative estimate of drug-likeness (QED) is 0.903. The first kappa shape index (κ1) is 15.0. The van der Waals surface area contributed by atoms with E-state index in [-0.39, 0.29) is 12.5 Å². The summed E-state index contributed by atoms with van der Waals surface area (Å²) in [5.41, 5.74) is 2.05. The van der Waals surface area contributed by atoms with Gasteiger partial charge < -0.3 is 15.0 Å². The number of likely N-dealkylation sites (N-methyl/N-ethyl adjacent to an activating group) is 1. The molecule has 0 aliphatic carbocycles. The molecule has 0 aromatic heterocycles. The topological polar surface area (TPSA) is 41.6 Å². The number of carbonyl (C=O) groups excluding carboxylic acids is 1. The highest BCUT2D eigenvalue weighted by atomic mass is 79.9. The molecule has 0 fully saturated rings. The lowest BCUT2D eigenvalue weighted by atomic mass is 10.1. The van der Waals surface area contributed by atoms with Crippen molar-refractivity contribution in [2.45, 2.75) is 13.5 Å². The lowest BCUT2D eigenvalue weighted by Gasteiger charge is -2.16. The number of carbonyl (C=O) groups is 1. The normalized spacial score (nSPS) is 10.3. The van der Waals surface area contributed by atoms with Crippen LogP contribution in [0.15, 0.2) is 16.6 Å². The zero-order chi connectivity index (χ0) is 13.7. The number of rotatable bonds is 5. The molecule has 0 saturated carbocycles. The second-order valence-corrected chi connectivity index (χ2v) is 5.23. The zero-order valence-corrected chi connectivity index (χ0v) is 12.8. The Bertz CT molecular complexity index is 433. The first-order valence-corrected chi connectivity index (χ1v) is 6.51. The van der Waals surface area contributed by atoms with Crippen molar-refractivity contribution >= 4 is 21.8 Å². The number of nitrogens with zero attached hydrogens (tertiary/aromatic N) is 1. The Morgan fingerprint density at radius 1 is 1.44 bits per heavy atom. The summed E-state index contributed by atoms with van der Waals surface area (Å²) in [7, 11) is 5.31. The van der Waals surface area contributed by atoms with Crippen molar-refractivity contribution in [1.29, 1.82) is 0 Å². The molecular weight excluding hydrogens is 296 g/mol. The first-order chi connectivity index (χ1) is 8.45. The Hall–Kier alpha value is -1.07. The van der Waals surface area contributed by atoms with Gasteiger partial charge in [-0.2, -0.15) is 0 Å². The Kier molecular flexibility index (Phi) is 5.62. The predicted molar refractivity (Wildman–Crippen MR) is 75.8 cm³/mol. The molecule has 0 radical (unpaired) electrons. The van der Waals surface area contributed by atoms with E-state index in [0.717, 1.165) is 21.3 Å². The van der Waals surface area contributed by atoms with Gasteiger partial charge in [-0.1, -0.05) is 15.9 Å². The number of aryl methyl sites for hydroxylation is 1. The van der Waals surface area contributed by atoms with Crippen LogP contribution < -0.4 is 10.1 Å². The Morgan fingerprint density at radius 3 is 2.67 bits per heavy atom. The molecule has 0 heterocycles. The van der Waals surface area contributed by atoms with E-state index in [2.05, 4.69) is 21.2 Å². The van der Waals surface area contributed by atoms with Crippen LogP contribution in [0.5, 0.6) is 5.75 Å². The lowest BCUT2D eigenvalue weighted by molar-refractivity contribution is -0.130. The highest BCUT2D eigenvalue weighted by Crippen LogP contribution is 2.28. The van der Waals surface area contributed by atoms with E-state index < -0.39 is 0 Å². The summed E-state index contributed by atoms with van der Waals surface area (Å²) in [6, 6.07) is 3.98. The van der Waals surface area contributed by atoms with Gasteiger partial charge in [-0.05, 0) is 31.7 Å². The van der Waals surface area contributed by atoms with Crippen molar-refractivity contribution in [3.63, 3.8) is 0 Å². The maximum absolute atomic E-state index is 11.5. The molecule has 1 N–H and O–H groups in total. The zero-order valence-electron chi connectivity index (χ0n) is 11.2. The van der Waals surface area contributed by atoms with Gasteiger partial charge >= 0.3 is 0 Å². The fourth-order valence-electron chi connectivity index (χ4n) is 1.59. The van der Waals surface area contributed by atoms with Gasteiger partial charge in [0, 0.05) is 30.7 Å². The molecule has 1 rings (SSSR count). The molecular formula is C13H19BrN2O2. The van der Waals surface area contributed by atoms with Crippen LogP contribution in [0.2, 0.25) is 0 Å². The van der Waals surface area contributed by atoms with E-state index in [9.17, 15) is 4.79 Å². The average Bonchev–Trinajstić information content (AvgIpc) is 2.27. The molecule has 0 atom stereocenters. The van der Waals surface area contributed by atoms with Crippen LogP contribution in [0.4, 0.5) is 0 Å². The third kappa shape index (κ3) is 3.99. The third-order valence-electron chi connectivity index (χ3n) is 2.52. The van der Waals surface area contributed by atoms with Crippen LogP contribution in [0, 0.1) is 6.92 Å². The molecule has 5 heteroatoms. The summed E-state index contributed by atoms with van der Waals surface area (Å²) in [5.74, 6) is 0.732. The summed E-state index contributed by atoms with van der Waals surface area (Å²) < 4.78 is 6.66. The van der Waals surface area contributed by atoms with E-state index >= 15 is 0 Å². The van der Waals surface area contributed by atoms with Crippen LogP contribution in [0.25, 0.3) is 0 Å². The van der Waals surface area contributed by atoms with Crippen LogP contribution in [0.1, 0.15) is 11.1 Å². The summed E-state index contributed by atoms with van der Waals surface area (Å²) >= 11 is 3.46. The van der Waals surface area contributed by atoms with Gasteiger partial charge in [0.05, 0.1) is 0 Å². The molecule has 1 aromatic rings. The fourth-order valence-corrected chi connectivity index (χ4v) is 2.21. The van der Waals surface area contributed by atoms with Gasteiger partial charge in [0.1, 0.15) is 5.75 Å². The lowest BCUT2D eigenvalue weighted by Crippen LogP contribution is -2.28. The number of hydrogen-bond donors (Lipinski definition) is 1. The molecule has 0 aliphatic rings. The largest absolute Gasteiger partial charge is 0.483 e. The molecule has 1 amide bonds. The summed E-state index contributed by atoms with van der Waals surface area (Å²) in [6.07, 6.45) is 0. The molecule has 1 aromatic carbocycles. The minimum absolute atomic E-state index is 0.0484. The molecule has 18 heavy (non-hydrogen) atoms. The minimum atomic E-state index is -0.0484. The standard InChI is InChI=1S/C13H19BrN2O2/c1-9-5-11(14)6-10(7-15-2)13(9)18-8-12(17)16(3)4/h5-6,15H,7-8H2,1-4H3. The molecule has 0 unspecified atom stereocenters. The Labute approximate surface area is 116 Å². The summed E-state index contributed by atoms with van der Waals surface area (Å²) in [4.78, 5) is 13.1. The summed E-state index contributed by atoms with van der Waals surface area (Å²) in [5, 5.41) is 3.09. The Balaban J connectivity index is 2.89. The fraction of sp³-hybridized carbons (Fsp3) is 0.462. The van der Waals surface area contributed by atoms with Crippen LogP contribution in [0.3, 0.4) is 0 Å². The van der Waals surface area contributed by atoms with Crippen LogP contribution in [-0.4, -0.2) is 38.6 Å². The highest BCUT2D eigenvalue weighted by molar-refractivity contribution is 9.10. The van der Waals surface area contributed by atoms with E-state index in [1.54, 1.807) is 14.1 Å². The van der Waals surface area contributed by atoms with Gasteiger partial charge in [0.25, 0.3) is 5.91 Å². The van der Waals surface area contributed by atoms with Crippen LogP contribution in [-0.2, 0) is 11.3 Å². The molecule has 0 aliphatic heterocycles. The second-order valence-electron chi connectivity index (χ2n) is 4.32. The predicted octanol–water partition coefficient (Wildman–Crippen LogP) is 1.94. The van der Waals surface area contributed by atoms with Gasteiger partial charge in [0.2, 0.25) is 0 Å². The molecule has 0 saturated heterocycles. The van der Waals surface area contributed by atoms with E-state index in [1.807, 2.05) is 26.1 Å². The molecule has 4 nitrogen and oxygen atoms in total. The number of benzene rings is 1. The minimum Gasteiger partial charge on any atom is -0.483 e. The molecule has 0 bridgehead atoms. The van der Waals surface area contributed by atoms with Crippen LogP contribution >= 0.6 is 15.9 Å². The van der Waals surface area contributed by atoms with Crippen molar-refractivity contribution in [3.05, 3.63) is 27.7 Å². The summed E-state index contributed by atoms with van der Waals surface area (Å²) in [6.45, 7) is 2.73. The smallest absolute Gasteiger partial charge is 0.259 e. The van der Waals surface area contributed by atoms with E-state index in [4.69, 9.17) is 4.74 Å². The number of hydrogen-bond acceptors (Lipinski definition) is 3. The third-order valence-corrected chi connectivity index (χ3v) is 2.98. The molecule has 100 valence electrons. The van der Waals surface area contributed by atoms with E-state index in [1.165, 1.54) is 4.90 Å². The van der Waals surface area contributed by atoms with E-state index in [0.29, 0.717) is 6.54 Å². The second kappa shape index (κ2) is 6.75. The molecule has 0 spiro atoms. The van der Waals surface area contributed by atoms with Gasteiger partial charge in [-0.15, -0.1) is 0 Å². The number of nitrogens with one attached hydrogen (secondary N) is 1. The van der Waals surface area contributed by atoms with Crippen molar-refractivity contribution in [1.82, 2.24) is 10.2 Å². The monoisotopic (exact) mass is 314 g/mol. The number of ether oxygens (including phenoxy) is 1. The maximum Gasteiger partial charge on any atom is 0.259 e. The van der Waals surface area contributed by atoms with Crippen molar-refractivity contribution < 1.29 is 9.53 Å². The van der Waals surface area contributed by atoms with Gasteiger partial charge in [-0.3, -0.25) is 4.79 Å². The first-order valence-electron chi connectivity index (χ1n) is 5.72. The SMILES string of the molecule is CNCc1cc(Br)cc(C)c1OCC(=O)N(C)C. The Morgan fingerprint density at radius 2 is 2.11 bits per heavy atom. The average molecular weight is 315 g/mol. The van der Waals surface area contributed by atoms with Gasteiger partial charge in [0.15, 0.2) is 6.61 Å². The number of halogens is 1. The van der Waals surface area contributed by atoms with Crippen molar-refractivity contribution in [2.24, 2.45) is 0 Å². The van der Waals surface area contributed by atoms with Gasteiger partial charge in [-0.25, -0.2) is 0 Å². The number of amides is 1. The van der Waals surface area contributed by atoms with Crippen molar-refractivity contribution in [2.75, 3.05) is 27.7 Å². The van der Waals surface area contributed by atoms with Crippen molar-refractivity contribution in [3.8, 4) is 5.75 Å². The highest BCUT2D eigenvalue weighted by Gasteiger charge is 2.11.